The summed E-state index contributed by atoms with van der Waals surface area (Å²) in [4.78, 5) is 26.9. The minimum Gasteiger partial charge on any atom is -0.330 e. The van der Waals surface area contributed by atoms with Crippen molar-refractivity contribution in [2.24, 2.45) is 0 Å². The minimum absolute atomic E-state index is 0.0152. The number of aromatic nitrogens is 2. The highest BCUT2D eigenvalue weighted by Crippen LogP contribution is 2.23. The molecular formula is C19H26N4O2S2. The van der Waals surface area contributed by atoms with Gasteiger partial charge in [0.2, 0.25) is 11.8 Å². The van der Waals surface area contributed by atoms with E-state index in [4.69, 9.17) is 0 Å². The SMILES string of the molecule is CC[C@@H](C)N(CC(=O)Nc1cccc(C)c1C)C(=O)CSc1nnc(C)s1. The van der Waals surface area contributed by atoms with E-state index in [2.05, 4.69) is 15.5 Å². The van der Waals surface area contributed by atoms with Crippen molar-refractivity contribution in [1.82, 2.24) is 15.1 Å². The van der Waals surface area contributed by atoms with E-state index in [1.165, 1.54) is 23.1 Å². The summed E-state index contributed by atoms with van der Waals surface area (Å²) in [6.45, 7) is 9.87. The monoisotopic (exact) mass is 406 g/mol. The second-order valence-corrected chi connectivity index (χ2v) is 8.85. The molecule has 0 spiro atoms. The van der Waals surface area contributed by atoms with Crippen molar-refractivity contribution < 1.29 is 9.59 Å². The van der Waals surface area contributed by atoms with Crippen LogP contribution in [0.2, 0.25) is 0 Å². The number of carbonyl (C=O) groups is 2. The molecule has 6 nitrogen and oxygen atoms in total. The highest BCUT2D eigenvalue weighted by atomic mass is 32.2. The molecule has 2 amide bonds. The molecule has 0 aliphatic carbocycles. The van der Waals surface area contributed by atoms with Gasteiger partial charge in [0, 0.05) is 11.7 Å². The van der Waals surface area contributed by atoms with Gasteiger partial charge in [0.25, 0.3) is 0 Å². The van der Waals surface area contributed by atoms with Crippen molar-refractivity contribution in [2.75, 3.05) is 17.6 Å². The lowest BCUT2D eigenvalue weighted by molar-refractivity contribution is -0.134. The van der Waals surface area contributed by atoms with E-state index >= 15 is 0 Å². The number of nitrogens with one attached hydrogen (secondary N) is 1. The summed E-state index contributed by atoms with van der Waals surface area (Å²) >= 11 is 2.83. The number of benzene rings is 1. The summed E-state index contributed by atoms with van der Waals surface area (Å²) in [5.74, 6) is -0.0113. The molecule has 2 aromatic rings. The van der Waals surface area contributed by atoms with Crippen molar-refractivity contribution in [2.45, 2.75) is 51.4 Å². The van der Waals surface area contributed by atoms with Gasteiger partial charge in [0.15, 0.2) is 4.34 Å². The van der Waals surface area contributed by atoms with Crippen LogP contribution in [0.4, 0.5) is 5.69 Å². The zero-order valence-electron chi connectivity index (χ0n) is 16.4. The Balaban J connectivity index is 2.01. The molecule has 1 N–H and O–H groups in total. The van der Waals surface area contributed by atoms with Gasteiger partial charge in [-0.15, -0.1) is 10.2 Å². The lowest BCUT2D eigenvalue weighted by atomic mass is 10.1. The second-order valence-electron chi connectivity index (χ2n) is 6.45. The molecule has 146 valence electrons. The molecule has 0 bridgehead atoms. The van der Waals surface area contributed by atoms with E-state index < -0.39 is 0 Å². The van der Waals surface area contributed by atoms with Gasteiger partial charge in [-0.2, -0.15) is 0 Å². The maximum absolute atomic E-state index is 12.7. The normalized spacial score (nSPS) is 11.9. The topological polar surface area (TPSA) is 75.2 Å². The second kappa shape index (κ2) is 9.85. The molecule has 1 atom stereocenters. The number of anilines is 1. The average Bonchev–Trinajstić information content (AvgIpc) is 3.06. The average molecular weight is 407 g/mol. The fourth-order valence-corrected chi connectivity index (χ4v) is 4.19. The van der Waals surface area contributed by atoms with Crippen LogP contribution in [-0.2, 0) is 9.59 Å². The molecule has 0 radical (unpaired) electrons. The number of amides is 2. The summed E-state index contributed by atoms with van der Waals surface area (Å²) in [5.41, 5.74) is 2.94. The van der Waals surface area contributed by atoms with Crippen LogP contribution in [0.1, 0.15) is 36.4 Å². The predicted octanol–water partition coefficient (Wildman–Crippen LogP) is 3.82. The molecule has 1 heterocycles. The number of aryl methyl sites for hydroxylation is 2. The first-order valence-electron chi connectivity index (χ1n) is 8.90. The van der Waals surface area contributed by atoms with Crippen LogP contribution in [0, 0.1) is 20.8 Å². The molecule has 1 aromatic heterocycles. The first-order chi connectivity index (χ1) is 12.8. The van der Waals surface area contributed by atoms with Crippen molar-refractivity contribution in [1.29, 1.82) is 0 Å². The Morgan fingerprint density at radius 1 is 1.26 bits per heavy atom. The van der Waals surface area contributed by atoms with Crippen LogP contribution in [0.15, 0.2) is 22.5 Å². The first kappa shape index (κ1) is 21.4. The maximum atomic E-state index is 12.7. The Morgan fingerprint density at radius 3 is 2.63 bits per heavy atom. The molecule has 0 aliphatic heterocycles. The fraction of sp³-hybridized carbons (Fsp3) is 0.474. The molecule has 0 fully saturated rings. The van der Waals surface area contributed by atoms with E-state index in [1.54, 1.807) is 4.90 Å². The Hall–Kier alpha value is -1.93. The number of hydrogen-bond donors (Lipinski definition) is 1. The molecular weight excluding hydrogens is 380 g/mol. The van der Waals surface area contributed by atoms with Crippen LogP contribution in [0.3, 0.4) is 0 Å². The van der Waals surface area contributed by atoms with Gasteiger partial charge in [-0.05, 0) is 51.3 Å². The van der Waals surface area contributed by atoms with Gasteiger partial charge in [-0.25, -0.2) is 0 Å². The van der Waals surface area contributed by atoms with Crippen molar-refractivity contribution >= 4 is 40.6 Å². The van der Waals surface area contributed by atoms with Gasteiger partial charge in [0.05, 0.1) is 5.75 Å². The van der Waals surface area contributed by atoms with E-state index in [9.17, 15) is 9.59 Å². The molecule has 1 aromatic carbocycles. The quantitative estimate of drug-likeness (QED) is 0.675. The van der Waals surface area contributed by atoms with E-state index in [1.807, 2.05) is 52.8 Å². The number of thioether (sulfide) groups is 1. The zero-order valence-corrected chi connectivity index (χ0v) is 18.0. The van der Waals surface area contributed by atoms with Crippen LogP contribution in [0.25, 0.3) is 0 Å². The summed E-state index contributed by atoms with van der Waals surface area (Å²) < 4.78 is 0.768. The molecule has 2 rings (SSSR count). The number of rotatable bonds is 8. The summed E-state index contributed by atoms with van der Waals surface area (Å²) in [7, 11) is 0. The molecule has 27 heavy (non-hydrogen) atoms. The van der Waals surface area contributed by atoms with Crippen LogP contribution in [-0.4, -0.2) is 45.3 Å². The molecule has 0 unspecified atom stereocenters. The Labute approximate surface area is 168 Å². The number of hydrogen-bond acceptors (Lipinski definition) is 6. The first-order valence-corrected chi connectivity index (χ1v) is 10.7. The third-order valence-electron chi connectivity index (χ3n) is 4.46. The van der Waals surface area contributed by atoms with Gasteiger partial charge >= 0.3 is 0 Å². The Morgan fingerprint density at radius 2 is 2.00 bits per heavy atom. The molecule has 0 saturated heterocycles. The largest absolute Gasteiger partial charge is 0.330 e. The lowest BCUT2D eigenvalue weighted by Gasteiger charge is -2.28. The standard InChI is InChI=1S/C19H26N4O2S2/c1-6-13(3)23(18(25)11-26-19-22-21-15(5)27-19)10-17(24)20-16-9-7-8-12(2)14(16)4/h7-9,13H,6,10-11H2,1-5H3,(H,20,24)/t13-/m1/s1. The van der Waals surface area contributed by atoms with E-state index in [0.717, 1.165) is 32.6 Å². The number of carbonyl (C=O) groups excluding carboxylic acids is 2. The highest BCUT2D eigenvalue weighted by Gasteiger charge is 2.22. The maximum Gasteiger partial charge on any atom is 0.244 e. The van der Waals surface area contributed by atoms with Crippen LogP contribution in [0.5, 0.6) is 0 Å². The summed E-state index contributed by atoms with van der Waals surface area (Å²) in [6.07, 6.45) is 0.783. The Kier molecular flexibility index (Phi) is 7.79. The van der Waals surface area contributed by atoms with Crippen molar-refractivity contribution in [3.05, 3.63) is 34.3 Å². The van der Waals surface area contributed by atoms with Crippen molar-refractivity contribution in [3.8, 4) is 0 Å². The molecule has 0 aliphatic rings. The van der Waals surface area contributed by atoms with Gasteiger partial charge in [-0.3, -0.25) is 9.59 Å². The van der Waals surface area contributed by atoms with Crippen molar-refractivity contribution in [3.63, 3.8) is 0 Å². The van der Waals surface area contributed by atoms with Gasteiger partial charge in [0.1, 0.15) is 11.6 Å². The fourth-order valence-electron chi connectivity index (χ4n) is 2.48. The van der Waals surface area contributed by atoms with E-state index in [0.29, 0.717) is 0 Å². The summed E-state index contributed by atoms with van der Waals surface area (Å²) in [5, 5.41) is 11.8. The smallest absolute Gasteiger partial charge is 0.244 e. The third kappa shape index (κ3) is 6.04. The molecule has 8 heteroatoms. The van der Waals surface area contributed by atoms with Crippen LogP contribution < -0.4 is 5.32 Å². The lowest BCUT2D eigenvalue weighted by Crippen LogP contribution is -2.44. The van der Waals surface area contributed by atoms with Gasteiger partial charge < -0.3 is 10.2 Å². The third-order valence-corrected chi connectivity index (χ3v) is 6.42. The minimum atomic E-state index is -0.186. The number of nitrogens with zero attached hydrogens (tertiary/aromatic N) is 3. The summed E-state index contributed by atoms with van der Waals surface area (Å²) in [6, 6.07) is 5.78. The predicted molar refractivity (Wildman–Crippen MR) is 111 cm³/mol. The van der Waals surface area contributed by atoms with E-state index in [-0.39, 0.29) is 30.2 Å². The molecule has 0 saturated carbocycles. The van der Waals surface area contributed by atoms with Crippen LogP contribution >= 0.6 is 23.1 Å². The van der Waals surface area contributed by atoms with Gasteiger partial charge in [-0.1, -0.05) is 42.2 Å². The Bertz CT molecular complexity index is 807. The zero-order chi connectivity index (χ0) is 20.0. The highest BCUT2D eigenvalue weighted by molar-refractivity contribution is 8.01.